The molecule has 1 rings (SSSR count). The molecule has 1 aromatic rings. The Balaban J connectivity index is 2.58. The molecule has 0 unspecified atom stereocenters. The molecule has 8 heteroatoms. The number of rotatable bonds is 8. The van der Waals surface area contributed by atoms with Crippen molar-refractivity contribution < 1.29 is 23.1 Å². The summed E-state index contributed by atoms with van der Waals surface area (Å²) in [6.45, 7) is 3.53. The van der Waals surface area contributed by atoms with Gasteiger partial charge in [-0.2, -0.15) is 0 Å². The molecular weight excluding hydrogens is 339 g/mol. The van der Waals surface area contributed by atoms with Crippen LogP contribution in [0.3, 0.4) is 0 Å². The molecule has 0 saturated carbocycles. The Labute approximate surface area is 137 Å². The Morgan fingerprint density at radius 2 is 1.77 bits per heavy atom. The van der Waals surface area contributed by atoms with Crippen molar-refractivity contribution in [1.82, 2.24) is 0 Å². The van der Waals surface area contributed by atoms with Crippen LogP contribution >= 0.6 is 23.2 Å². The Bertz CT molecular complexity index is 534. The van der Waals surface area contributed by atoms with Gasteiger partial charge in [0.05, 0.1) is 5.71 Å². The maximum absolute atomic E-state index is 13.8. The maximum Gasteiger partial charge on any atom is 0.191 e. The molecule has 0 saturated heterocycles. The summed E-state index contributed by atoms with van der Waals surface area (Å²) in [6, 6.07) is 2.01. The van der Waals surface area contributed by atoms with Crippen LogP contribution in [0.5, 0.6) is 11.5 Å². The Hall–Kier alpha value is -1.53. The minimum Gasteiger partial charge on any atom is -0.489 e. The van der Waals surface area contributed by atoms with E-state index in [1.165, 1.54) is 6.08 Å². The van der Waals surface area contributed by atoms with Crippen molar-refractivity contribution >= 4 is 28.9 Å². The normalized spacial score (nSPS) is 9.91. The van der Waals surface area contributed by atoms with E-state index in [1.54, 1.807) is 13.8 Å². The van der Waals surface area contributed by atoms with Gasteiger partial charge in [0.1, 0.15) is 23.5 Å². The Kier molecular flexibility index (Phi) is 7.98. The zero-order chi connectivity index (χ0) is 16.5. The van der Waals surface area contributed by atoms with Crippen LogP contribution in [-0.4, -0.2) is 25.5 Å². The van der Waals surface area contributed by atoms with Crippen LogP contribution in [0.1, 0.15) is 13.8 Å². The predicted molar refractivity (Wildman–Crippen MR) is 81.9 cm³/mol. The molecule has 4 nitrogen and oxygen atoms in total. The molecule has 0 aliphatic rings. The molecule has 1 aromatic carbocycles. The second-order valence-electron chi connectivity index (χ2n) is 4.24. The minimum atomic E-state index is -0.883. The summed E-state index contributed by atoms with van der Waals surface area (Å²) in [5.74, 6) is -2.27. The highest BCUT2D eigenvalue weighted by atomic mass is 35.5. The van der Waals surface area contributed by atoms with Gasteiger partial charge in [-0.05, 0) is 19.9 Å². The average molecular weight is 354 g/mol. The summed E-state index contributed by atoms with van der Waals surface area (Å²) in [5, 5.41) is 3.66. The highest BCUT2D eigenvalue weighted by Crippen LogP contribution is 2.27. The van der Waals surface area contributed by atoms with E-state index in [9.17, 15) is 8.78 Å². The van der Waals surface area contributed by atoms with Gasteiger partial charge < -0.3 is 14.3 Å². The van der Waals surface area contributed by atoms with Crippen molar-refractivity contribution in [3.8, 4) is 11.5 Å². The SMILES string of the molecule is CC(C)=NOCCOc1c(F)cc(OCC=C(Cl)Cl)cc1F. The van der Waals surface area contributed by atoms with Gasteiger partial charge >= 0.3 is 0 Å². The van der Waals surface area contributed by atoms with Crippen molar-refractivity contribution in [3.63, 3.8) is 0 Å². The molecule has 0 atom stereocenters. The molecule has 0 aliphatic carbocycles. The fourth-order valence-electron chi connectivity index (χ4n) is 1.31. The van der Waals surface area contributed by atoms with Crippen molar-refractivity contribution in [2.45, 2.75) is 13.8 Å². The first-order chi connectivity index (χ1) is 10.4. The number of oxime groups is 1. The van der Waals surface area contributed by atoms with E-state index in [2.05, 4.69) is 5.16 Å². The average Bonchev–Trinajstić information content (AvgIpc) is 2.40. The summed E-state index contributed by atoms with van der Waals surface area (Å²) < 4.78 is 37.6. The van der Waals surface area contributed by atoms with Gasteiger partial charge in [-0.1, -0.05) is 28.4 Å². The van der Waals surface area contributed by atoms with Crippen LogP contribution < -0.4 is 9.47 Å². The molecule has 122 valence electrons. The van der Waals surface area contributed by atoms with Crippen molar-refractivity contribution in [1.29, 1.82) is 0 Å². The van der Waals surface area contributed by atoms with E-state index in [0.29, 0.717) is 0 Å². The van der Waals surface area contributed by atoms with Crippen LogP contribution in [0.15, 0.2) is 27.9 Å². The molecule has 0 fully saturated rings. The van der Waals surface area contributed by atoms with Gasteiger partial charge in [0.25, 0.3) is 0 Å². The molecular formula is C14H15Cl2F2NO3. The van der Waals surface area contributed by atoms with E-state index >= 15 is 0 Å². The monoisotopic (exact) mass is 353 g/mol. The van der Waals surface area contributed by atoms with Crippen LogP contribution in [0.4, 0.5) is 8.78 Å². The summed E-state index contributed by atoms with van der Waals surface area (Å²) in [7, 11) is 0. The smallest absolute Gasteiger partial charge is 0.191 e. The lowest BCUT2D eigenvalue weighted by Gasteiger charge is -2.10. The molecule has 0 bridgehead atoms. The van der Waals surface area contributed by atoms with Gasteiger partial charge in [-0.25, -0.2) is 8.78 Å². The van der Waals surface area contributed by atoms with E-state index < -0.39 is 17.4 Å². The van der Waals surface area contributed by atoms with E-state index in [4.69, 9.17) is 37.5 Å². The van der Waals surface area contributed by atoms with Crippen molar-refractivity contribution in [2.75, 3.05) is 19.8 Å². The number of nitrogens with zero attached hydrogens (tertiary/aromatic N) is 1. The Morgan fingerprint density at radius 1 is 1.14 bits per heavy atom. The maximum atomic E-state index is 13.8. The van der Waals surface area contributed by atoms with Crippen LogP contribution in [0.2, 0.25) is 0 Å². The standard InChI is InChI=1S/C14H15Cl2F2NO3/c1-9(2)19-22-6-5-21-14-11(17)7-10(8-12(14)18)20-4-3-13(15)16/h3,7-8H,4-6H2,1-2H3. The van der Waals surface area contributed by atoms with Crippen molar-refractivity contribution in [3.05, 3.63) is 34.3 Å². The number of benzene rings is 1. The lowest BCUT2D eigenvalue weighted by molar-refractivity contribution is 0.103. The lowest BCUT2D eigenvalue weighted by Crippen LogP contribution is -2.07. The third kappa shape index (κ3) is 6.95. The number of hydrogen-bond donors (Lipinski definition) is 0. The highest BCUT2D eigenvalue weighted by Gasteiger charge is 2.13. The van der Waals surface area contributed by atoms with Gasteiger partial charge in [0, 0.05) is 12.1 Å². The quantitative estimate of drug-likeness (QED) is 0.393. The summed E-state index contributed by atoms with van der Waals surface area (Å²) in [6.07, 6.45) is 1.34. The van der Waals surface area contributed by atoms with E-state index in [0.717, 1.165) is 17.8 Å². The zero-order valence-corrected chi connectivity index (χ0v) is 13.5. The molecule has 0 aliphatic heterocycles. The van der Waals surface area contributed by atoms with Crippen LogP contribution in [0, 0.1) is 11.6 Å². The summed E-state index contributed by atoms with van der Waals surface area (Å²) in [4.78, 5) is 4.86. The van der Waals surface area contributed by atoms with Gasteiger partial charge in [-0.15, -0.1) is 0 Å². The topological polar surface area (TPSA) is 40.0 Å². The minimum absolute atomic E-state index is 0.00404. The first-order valence-corrected chi connectivity index (χ1v) is 7.04. The molecule has 0 radical (unpaired) electrons. The molecule has 22 heavy (non-hydrogen) atoms. The third-order valence-electron chi connectivity index (χ3n) is 2.13. The largest absolute Gasteiger partial charge is 0.489 e. The second-order valence-corrected chi connectivity index (χ2v) is 5.25. The number of halogens is 4. The predicted octanol–water partition coefficient (Wildman–Crippen LogP) is 4.45. The zero-order valence-electron chi connectivity index (χ0n) is 12.0. The summed E-state index contributed by atoms with van der Waals surface area (Å²) >= 11 is 10.8. The fourth-order valence-corrected chi connectivity index (χ4v) is 1.44. The van der Waals surface area contributed by atoms with E-state index in [1.807, 2.05) is 0 Å². The van der Waals surface area contributed by atoms with E-state index in [-0.39, 0.29) is 30.1 Å². The second kappa shape index (κ2) is 9.48. The molecule has 0 aromatic heterocycles. The number of ether oxygens (including phenoxy) is 2. The van der Waals surface area contributed by atoms with Crippen LogP contribution in [-0.2, 0) is 4.84 Å². The van der Waals surface area contributed by atoms with Gasteiger partial charge in [-0.3, -0.25) is 0 Å². The van der Waals surface area contributed by atoms with Gasteiger partial charge in [0.2, 0.25) is 0 Å². The number of hydrogen-bond acceptors (Lipinski definition) is 4. The van der Waals surface area contributed by atoms with Crippen molar-refractivity contribution in [2.24, 2.45) is 5.16 Å². The summed E-state index contributed by atoms with van der Waals surface area (Å²) in [5.41, 5.74) is 0.727. The first kappa shape index (κ1) is 18.5. The van der Waals surface area contributed by atoms with Gasteiger partial charge in [0.15, 0.2) is 24.0 Å². The molecule has 0 heterocycles. The molecule has 0 N–H and O–H groups in total. The lowest BCUT2D eigenvalue weighted by atomic mass is 10.3. The third-order valence-corrected chi connectivity index (χ3v) is 2.44. The highest BCUT2D eigenvalue weighted by molar-refractivity contribution is 6.55. The first-order valence-electron chi connectivity index (χ1n) is 6.29. The molecule has 0 amide bonds. The Morgan fingerprint density at radius 3 is 2.32 bits per heavy atom. The molecule has 0 spiro atoms. The fraction of sp³-hybridized carbons (Fsp3) is 0.357. The van der Waals surface area contributed by atoms with Crippen LogP contribution in [0.25, 0.3) is 0 Å².